The van der Waals surface area contributed by atoms with Gasteiger partial charge < -0.3 is 18.9 Å². The van der Waals surface area contributed by atoms with Gasteiger partial charge in [-0.05, 0) is 36.5 Å². The Bertz CT molecular complexity index is 415. The molecule has 0 bridgehead atoms. The van der Waals surface area contributed by atoms with Crippen molar-refractivity contribution in [1.29, 1.82) is 0 Å². The van der Waals surface area contributed by atoms with Crippen LogP contribution < -0.4 is 73.4 Å². The molecule has 0 fully saturated rings. The van der Waals surface area contributed by atoms with Gasteiger partial charge in [0.25, 0.3) is 0 Å². The number of benzene rings is 1. The summed E-state index contributed by atoms with van der Waals surface area (Å²) in [5.74, 6) is -0.0540. The van der Waals surface area contributed by atoms with Crippen LogP contribution in [-0.2, 0) is 4.57 Å². The third-order valence-electron chi connectivity index (χ3n) is 1.23. The molecule has 0 saturated carbocycles. The summed E-state index contributed by atoms with van der Waals surface area (Å²) in [4.78, 5) is 24.0. The van der Waals surface area contributed by atoms with E-state index in [1.165, 1.54) is 24.3 Å². The Morgan fingerprint density at radius 3 is 2.12 bits per heavy atom. The van der Waals surface area contributed by atoms with Crippen molar-refractivity contribution in [2.24, 2.45) is 4.99 Å². The average Bonchev–Trinajstić information content (AvgIpc) is 2.06. The van der Waals surface area contributed by atoms with Crippen molar-refractivity contribution in [2.75, 3.05) is 0 Å². The molecule has 0 heterocycles. The Hall–Kier alpha value is 0.970. The smallest absolute Gasteiger partial charge is 0.780 e. The molecule has 1 rings (SSSR count). The first kappa shape index (κ1) is 19.3. The molecular weight excluding hydrogens is 271 g/mol. The second kappa shape index (κ2) is 8.97. The van der Waals surface area contributed by atoms with Crippen LogP contribution in [0.5, 0.6) is 5.75 Å². The van der Waals surface area contributed by atoms with Gasteiger partial charge in [-0.15, -0.1) is 0 Å². The van der Waals surface area contributed by atoms with Gasteiger partial charge in [-0.1, -0.05) is 0 Å². The largest absolute Gasteiger partial charge is 1.00 e. The van der Waals surface area contributed by atoms with Crippen molar-refractivity contribution < 1.29 is 78.0 Å². The van der Waals surface area contributed by atoms with Gasteiger partial charge in [-0.25, -0.2) is 0 Å². The normalized spacial score (nSPS) is 9.12. The maximum absolute atomic E-state index is 10.2. The molecule has 0 spiro atoms. The molecule has 9 heteroatoms. The minimum atomic E-state index is -4.98. The predicted octanol–water partition coefficient (Wildman–Crippen LogP) is -5.36. The van der Waals surface area contributed by atoms with E-state index in [1.807, 2.05) is 0 Å². The van der Waals surface area contributed by atoms with Crippen molar-refractivity contribution in [3.63, 3.8) is 0 Å². The van der Waals surface area contributed by atoms with E-state index in [2.05, 4.69) is 26.9 Å². The molecule has 1 aromatic carbocycles. The van der Waals surface area contributed by atoms with Crippen LogP contribution in [-0.4, -0.2) is 5.16 Å². The molecule has 0 aliphatic rings. The summed E-state index contributed by atoms with van der Waals surface area (Å²) in [5, 5.41) is 2.14. The molecular formula is C7H4NNa2O4PS. The summed E-state index contributed by atoms with van der Waals surface area (Å²) in [6.07, 6.45) is 0. The molecule has 5 nitrogen and oxygen atoms in total. The molecule has 74 valence electrons. The number of phosphoric ester groups is 1. The van der Waals surface area contributed by atoms with E-state index in [1.54, 1.807) is 0 Å². The Balaban J connectivity index is 0. The fraction of sp³-hybridized carbons (Fsp3) is 0. The number of hydrogen-bond donors (Lipinski definition) is 0. The van der Waals surface area contributed by atoms with Crippen molar-refractivity contribution in [2.45, 2.75) is 0 Å². The first-order valence-electron chi connectivity index (χ1n) is 3.41. The summed E-state index contributed by atoms with van der Waals surface area (Å²) in [6.45, 7) is 0. The SMILES string of the molecule is O=P([O-])([O-])Oc1ccc(N=C=S)cc1.[Na+].[Na+]. The zero-order valence-electron chi connectivity index (χ0n) is 8.75. The molecule has 0 aromatic heterocycles. The molecule has 16 heavy (non-hydrogen) atoms. The number of thiocarbonyl (C=S) groups is 1. The number of hydrogen-bond acceptors (Lipinski definition) is 6. The maximum Gasteiger partial charge on any atom is 1.00 e. The van der Waals surface area contributed by atoms with Crippen LogP contribution in [0.15, 0.2) is 29.3 Å². The van der Waals surface area contributed by atoms with Gasteiger partial charge in [-0.3, -0.25) is 0 Å². The van der Waals surface area contributed by atoms with Gasteiger partial charge in [0.1, 0.15) is 13.6 Å². The number of phosphoric acid groups is 1. The van der Waals surface area contributed by atoms with Crippen LogP contribution in [0.4, 0.5) is 5.69 Å². The Labute approximate surface area is 142 Å². The van der Waals surface area contributed by atoms with Crippen LogP contribution in [0, 0.1) is 0 Å². The van der Waals surface area contributed by atoms with Crippen LogP contribution in [0.3, 0.4) is 0 Å². The quantitative estimate of drug-likeness (QED) is 0.238. The Morgan fingerprint density at radius 2 is 1.75 bits per heavy atom. The number of aliphatic imine (C=N–C) groups is 1. The summed E-state index contributed by atoms with van der Waals surface area (Å²) >= 11 is 4.36. The second-order valence-corrected chi connectivity index (χ2v) is 3.50. The van der Waals surface area contributed by atoms with E-state index in [-0.39, 0.29) is 64.9 Å². The molecule has 0 aliphatic heterocycles. The maximum atomic E-state index is 10.2. The zero-order valence-corrected chi connectivity index (χ0v) is 14.5. The van der Waals surface area contributed by atoms with Gasteiger partial charge >= 0.3 is 59.1 Å². The first-order chi connectivity index (χ1) is 6.51. The molecule has 1 aromatic rings. The molecule has 0 radical (unpaired) electrons. The van der Waals surface area contributed by atoms with E-state index >= 15 is 0 Å². The van der Waals surface area contributed by atoms with E-state index in [9.17, 15) is 14.4 Å². The molecule has 0 amide bonds. The summed E-state index contributed by atoms with van der Waals surface area (Å²) in [5.41, 5.74) is 0.499. The van der Waals surface area contributed by atoms with E-state index in [4.69, 9.17) is 0 Å². The van der Waals surface area contributed by atoms with Crippen LogP contribution >= 0.6 is 20.0 Å². The van der Waals surface area contributed by atoms with Crippen LogP contribution in [0.25, 0.3) is 0 Å². The Morgan fingerprint density at radius 1 is 1.25 bits per heavy atom. The summed E-state index contributed by atoms with van der Waals surface area (Å²) in [6, 6.07) is 5.50. The second-order valence-electron chi connectivity index (χ2n) is 2.24. The number of isothiocyanates is 1. The van der Waals surface area contributed by atoms with Crippen LogP contribution in [0.2, 0.25) is 0 Å². The van der Waals surface area contributed by atoms with Gasteiger partial charge in [0.05, 0.1) is 10.8 Å². The average molecular weight is 275 g/mol. The predicted molar refractivity (Wildman–Crippen MR) is 49.4 cm³/mol. The van der Waals surface area contributed by atoms with Crippen molar-refractivity contribution in [3.05, 3.63) is 24.3 Å². The minimum Gasteiger partial charge on any atom is -0.780 e. The van der Waals surface area contributed by atoms with E-state index < -0.39 is 7.82 Å². The van der Waals surface area contributed by atoms with Gasteiger partial charge in [0.2, 0.25) is 0 Å². The van der Waals surface area contributed by atoms with Gasteiger partial charge in [0.15, 0.2) is 0 Å². The van der Waals surface area contributed by atoms with Crippen molar-refractivity contribution in [1.82, 2.24) is 0 Å². The molecule has 0 atom stereocenters. The van der Waals surface area contributed by atoms with Gasteiger partial charge in [0, 0.05) is 0 Å². The molecule has 0 N–H and O–H groups in total. The van der Waals surface area contributed by atoms with E-state index in [0.29, 0.717) is 5.69 Å². The first-order valence-corrected chi connectivity index (χ1v) is 5.28. The van der Waals surface area contributed by atoms with E-state index in [0.717, 1.165) is 0 Å². The standard InChI is InChI=1S/C7H6NO4PS.2Na/c9-13(10,11)12-7-3-1-6(2-4-7)8-5-14;;/h1-4H,(H2,9,10,11);;/q;2*+1/p-2. The number of rotatable bonds is 3. The topological polar surface area (TPSA) is 84.8 Å². The molecule has 0 saturated heterocycles. The molecule has 0 unspecified atom stereocenters. The van der Waals surface area contributed by atoms with Crippen molar-refractivity contribution >= 4 is 30.9 Å². The fourth-order valence-corrected chi connectivity index (χ4v) is 1.25. The summed E-state index contributed by atoms with van der Waals surface area (Å²) in [7, 11) is -4.98. The number of nitrogens with zero attached hydrogens (tertiary/aromatic N) is 1. The zero-order chi connectivity index (χ0) is 10.6. The monoisotopic (exact) mass is 275 g/mol. The fourth-order valence-electron chi connectivity index (χ4n) is 0.763. The van der Waals surface area contributed by atoms with Crippen molar-refractivity contribution in [3.8, 4) is 5.75 Å². The Kier molecular flexibility index (Phi) is 10.8. The third kappa shape index (κ3) is 8.12. The molecule has 0 aliphatic carbocycles. The van der Waals surface area contributed by atoms with Gasteiger partial charge in [-0.2, -0.15) is 4.99 Å². The van der Waals surface area contributed by atoms with Crippen LogP contribution in [0.1, 0.15) is 0 Å². The third-order valence-corrected chi connectivity index (χ3v) is 1.75. The summed E-state index contributed by atoms with van der Waals surface area (Å²) < 4.78 is 14.3. The minimum absolute atomic E-state index is 0.